The van der Waals surface area contributed by atoms with Gasteiger partial charge in [-0.3, -0.25) is 5.43 Å². The average Bonchev–Trinajstić information content (AvgIpc) is 3.23. The molecule has 0 atom stereocenters. The first-order valence-corrected chi connectivity index (χ1v) is 10.0. The van der Waals surface area contributed by atoms with E-state index in [1.165, 1.54) is 0 Å². The molecule has 0 unspecified atom stereocenters. The summed E-state index contributed by atoms with van der Waals surface area (Å²) in [4.78, 5) is 4.54. The van der Waals surface area contributed by atoms with E-state index in [2.05, 4.69) is 58.2 Å². The third kappa shape index (κ3) is 3.64. The third-order valence-corrected chi connectivity index (χ3v) is 5.47. The Morgan fingerprint density at radius 1 is 1.14 bits per heavy atom. The number of thiazole rings is 1. The van der Waals surface area contributed by atoms with Crippen LogP contribution in [0.4, 0.5) is 5.13 Å². The molecule has 0 spiro atoms. The zero-order valence-corrected chi connectivity index (χ0v) is 17.0. The van der Waals surface area contributed by atoms with Gasteiger partial charge in [-0.25, -0.2) is 4.98 Å². The van der Waals surface area contributed by atoms with Crippen molar-refractivity contribution >= 4 is 32.9 Å². The van der Waals surface area contributed by atoms with Gasteiger partial charge >= 0.3 is 0 Å². The molecule has 0 bridgehead atoms. The zero-order chi connectivity index (χ0) is 19.5. The lowest BCUT2D eigenvalue weighted by Gasteiger charge is -2.10. The lowest BCUT2D eigenvalue weighted by atomic mass is 10.2. The smallest absolute Gasteiger partial charge is 0.204 e. The highest BCUT2D eigenvalue weighted by Crippen LogP contribution is 2.25. The van der Waals surface area contributed by atoms with Crippen LogP contribution in [0.1, 0.15) is 23.9 Å². The van der Waals surface area contributed by atoms with Crippen molar-refractivity contribution in [3.63, 3.8) is 0 Å². The summed E-state index contributed by atoms with van der Waals surface area (Å²) in [6.45, 7) is 6.86. The summed E-state index contributed by atoms with van der Waals surface area (Å²) in [6.07, 6.45) is 1.85. The molecule has 4 aromatic rings. The Morgan fingerprint density at radius 2 is 1.93 bits per heavy atom. The Bertz CT molecular complexity index is 1090. The summed E-state index contributed by atoms with van der Waals surface area (Å²) in [6, 6.07) is 18.4. The number of aryl methyl sites for hydroxylation is 1. The van der Waals surface area contributed by atoms with Crippen LogP contribution in [0.5, 0.6) is 5.75 Å². The van der Waals surface area contributed by atoms with Crippen LogP contribution in [-0.2, 0) is 0 Å². The van der Waals surface area contributed by atoms with Crippen LogP contribution in [0.2, 0.25) is 0 Å². The Labute approximate surface area is 168 Å². The van der Waals surface area contributed by atoms with E-state index in [0.717, 1.165) is 43.7 Å². The number of hydrogen-bond donors (Lipinski definition) is 1. The Hall–Kier alpha value is -3.12. The lowest BCUT2D eigenvalue weighted by molar-refractivity contribution is 0.340. The zero-order valence-electron chi connectivity index (χ0n) is 16.1. The number of ether oxygens (including phenoxy) is 1. The quantitative estimate of drug-likeness (QED) is 0.347. The highest BCUT2D eigenvalue weighted by atomic mass is 32.1. The molecule has 2 heterocycles. The van der Waals surface area contributed by atoms with Crippen LogP contribution in [0, 0.1) is 13.8 Å². The number of nitrogens with zero attached hydrogens (tertiary/aromatic N) is 3. The van der Waals surface area contributed by atoms with Gasteiger partial charge in [-0.15, -0.1) is 0 Å². The van der Waals surface area contributed by atoms with Crippen molar-refractivity contribution < 1.29 is 4.74 Å². The molecule has 0 radical (unpaired) electrons. The van der Waals surface area contributed by atoms with Gasteiger partial charge in [-0.1, -0.05) is 23.5 Å². The molecule has 4 rings (SSSR count). The number of rotatable bonds is 6. The standard InChI is InChI=1S/C22H22N4OS/c1-4-27-19-11-9-18(10-12-19)26-15(2)13-17(16(26)3)14-23-25-22-24-20-7-5-6-8-21(20)28-22/h5-14H,4H2,1-3H3,(H,24,25). The molecule has 2 aromatic heterocycles. The van der Waals surface area contributed by atoms with Crippen molar-refractivity contribution in [2.75, 3.05) is 12.0 Å². The third-order valence-electron chi connectivity index (χ3n) is 4.53. The molecule has 28 heavy (non-hydrogen) atoms. The summed E-state index contributed by atoms with van der Waals surface area (Å²) in [5, 5.41) is 5.18. The van der Waals surface area contributed by atoms with E-state index in [1.54, 1.807) is 11.3 Å². The normalized spacial score (nSPS) is 11.4. The molecule has 5 nitrogen and oxygen atoms in total. The molecule has 1 N–H and O–H groups in total. The molecular formula is C22H22N4OS. The van der Waals surface area contributed by atoms with Crippen molar-refractivity contribution in [3.8, 4) is 11.4 Å². The number of fused-ring (bicyclic) bond motifs is 1. The number of para-hydroxylation sites is 1. The van der Waals surface area contributed by atoms with Gasteiger partial charge in [0.25, 0.3) is 0 Å². The maximum Gasteiger partial charge on any atom is 0.204 e. The number of anilines is 1. The number of nitrogens with one attached hydrogen (secondary N) is 1. The van der Waals surface area contributed by atoms with E-state index in [9.17, 15) is 0 Å². The Balaban J connectivity index is 1.54. The summed E-state index contributed by atoms with van der Waals surface area (Å²) >= 11 is 1.59. The largest absolute Gasteiger partial charge is 0.494 e. The van der Waals surface area contributed by atoms with Crippen LogP contribution in [0.15, 0.2) is 59.7 Å². The molecule has 0 aliphatic heterocycles. The van der Waals surface area contributed by atoms with E-state index < -0.39 is 0 Å². The van der Waals surface area contributed by atoms with E-state index >= 15 is 0 Å². The van der Waals surface area contributed by atoms with Gasteiger partial charge in [0, 0.05) is 22.6 Å². The van der Waals surface area contributed by atoms with Crippen LogP contribution in [-0.4, -0.2) is 22.4 Å². The number of hydrazone groups is 1. The van der Waals surface area contributed by atoms with Gasteiger partial charge in [-0.2, -0.15) is 5.10 Å². The van der Waals surface area contributed by atoms with Crippen molar-refractivity contribution in [3.05, 3.63) is 71.5 Å². The molecule has 2 aromatic carbocycles. The highest BCUT2D eigenvalue weighted by molar-refractivity contribution is 7.22. The number of hydrogen-bond acceptors (Lipinski definition) is 5. The Morgan fingerprint density at radius 3 is 2.68 bits per heavy atom. The maximum absolute atomic E-state index is 5.54. The molecule has 0 fully saturated rings. The fraction of sp³-hybridized carbons (Fsp3) is 0.182. The van der Waals surface area contributed by atoms with E-state index in [0.29, 0.717) is 6.61 Å². The highest BCUT2D eigenvalue weighted by Gasteiger charge is 2.10. The second kappa shape index (κ2) is 7.86. The average molecular weight is 391 g/mol. The van der Waals surface area contributed by atoms with Gasteiger partial charge < -0.3 is 9.30 Å². The predicted octanol–water partition coefficient (Wildman–Crippen LogP) is 5.55. The Kier molecular flexibility index (Phi) is 5.12. The second-order valence-corrected chi connectivity index (χ2v) is 7.48. The van der Waals surface area contributed by atoms with Crippen LogP contribution >= 0.6 is 11.3 Å². The van der Waals surface area contributed by atoms with Gasteiger partial charge in [-0.05, 0) is 63.2 Å². The SMILES string of the molecule is CCOc1ccc(-n2c(C)cc(C=NNc3nc4ccccc4s3)c2C)cc1. The molecule has 0 aliphatic carbocycles. The van der Waals surface area contributed by atoms with Crippen molar-refractivity contribution in [2.24, 2.45) is 5.10 Å². The molecule has 142 valence electrons. The molecular weight excluding hydrogens is 368 g/mol. The first kappa shape index (κ1) is 18.3. The first-order chi connectivity index (χ1) is 13.7. The molecule has 6 heteroatoms. The topological polar surface area (TPSA) is 51.4 Å². The van der Waals surface area contributed by atoms with Crippen molar-refractivity contribution in [1.29, 1.82) is 0 Å². The monoisotopic (exact) mass is 390 g/mol. The fourth-order valence-electron chi connectivity index (χ4n) is 3.25. The summed E-state index contributed by atoms with van der Waals surface area (Å²) in [5.74, 6) is 0.885. The van der Waals surface area contributed by atoms with Crippen molar-refractivity contribution in [2.45, 2.75) is 20.8 Å². The summed E-state index contributed by atoms with van der Waals surface area (Å²) < 4.78 is 8.90. The fourth-order valence-corrected chi connectivity index (χ4v) is 4.07. The second-order valence-electron chi connectivity index (χ2n) is 6.45. The predicted molar refractivity (Wildman–Crippen MR) is 117 cm³/mol. The minimum Gasteiger partial charge on any atom is -0.494 e. The molecule has 0 saturated carbocycles. The number of aromatic nitrogens is 2. The maximum atomic E-state index is 5.54. The lowest BCUT2D eigenvalue weighted by Crippen LogP contribution is -2.00. The van der Waals surface area contributed by atoms with Crippen LogP contribution in [0.3, 0.4) is 0 Å². The summed E-state index contributed by atoms with van der Waals surface area (Å²) in [7, 11) is 0. The van der Waals surface area contributed by atoms with E-state index in [4.69, 9.17) is 4.74 Å². The first-order valence-electron chi connectivity index (χ1n) is 9.22. The van der Waals surface area contributed by atoms with Gasteiger partial charge in [0.2, 0.25) is 5.13 Å². The van der Waals surface area contributed by atoms with Gasteiger partial charge in [0.1, 0.15) is 5.75 Å². The molecule has 0 saturated heterocycles. The number of benzene rings is 2. The van der Waals surface area contributed by atoms with Gasteiger partial charge in [0.05, 0.1) is 23.0 Å². The van der Waals surface area contributed by atoms with E-state index in [1.807, 2.05) is 43.5 Å². The van der Waals surface area contributed by atoms with Crippen molar-refractivity contribution in [1.82, 2.24) is 9.55 Å². The van der Waals surface area contributed by atoms with Crippen LogP contribution in [0.25, 0.3) is 15.9 Å². The molecule has 0 amide bonds. The van der Waals surface area contributed by atoms with Crippen LogP contribution < -0.4 is 10.2 Å². The van der Waals surface area contributed by atoms with Gasteiger partial charge in [0.15, 0.2) is 0 Å². The summed E-state index contributed by atoms with van der Waals surface area (Å²) in [5.41, 5.74) is 8.51. The van der Waals surface area contributed by atoms with E-state index in [-0.39, 0.29) is 0 Å². The minimum absolute atomic E-state index is 0.670. The minimum atomic E-state index is 0.670. The molecule has 0 aliphatic rings.